The van der Waals surface area contributed by atoms with Gasteiger partial charge in [0.25, 0.3) is 11.8 Å². The van der Waals surface area contributed by atoms with Crippen molar-refractivity contribution < 1.29 is 86.3 Å². The number of hydroxylamine groups is 2. The molecule has 0 saturated carbocycles. The SMILES string of the molecule is COc1cc2cc(c1Cl)N(C)C(=O)C[C@H](OC(=O)Nc1ccc(NC(=O)[C@H](CCCNC(N)=O)NC(=O)[C@@H](NC(=S)NCCOCCOCCC(=O)ON3C(=O)CCC3=O)C(C)C)c3cccnc13)[C@]1(C)O[C@H]1C[C@@H]1C[C@@](O)(NC(=O)O1)[C@H](OC)/C=C/C=C(\C)C2. The molecule has 0 radical (unpaired) electrons. The normalized spacial score (nSPS) is 23.3. The summed E-state index contributed by atoms with van der Waals surface area (Å²) >= 11 is 12.4. The molecular weight excluding hydrogens is 1230 g/mol. The number of alkyl carbamates (subject to hydrolysis) is 1. The molecule has 3 aromatic rings. The van der Waals surface area contributed by atoms with Gasteiger partial charge in [-0.3, -0.25) is 39.6 Å². The van der Waals surface area contributed by atoms with Gasteiger partial charge in [-0.15, -0.1) is 5.06 Å². The van der Waals surface area contributed by atoms with Crippen LogP contribution < -0.4 is 52.6 Å². The summed E-state index contributed by atoms with van der Waals surface area (Å²) in [5.74, 6) is -3.71. The number of urea groups is 1. The number of benzene rings is 2. The van der Waals surface area contributed by atoms with Crippen molar-refractivity contribution in [3.8, 4) is 5.75 Å². The first-order valence-corrected chi connectivity index (χ1v) is 30.3. The largest absolute Gasteiger partial charge is 0.495 e. The first kappa shape index (κ1) is 70.2. The van der Waals surface area contributed by atoms with Crippen LogP contribution in [0.5, 0.6) is 5.75 Å². The van der Waals surface area contributed by atoms with Crippen LogP contribution in [0.4, 0.5) is 31.4 Å². The number of imide groups is 1. The number of fused-ring (bicyclic) bond motifs is 6. The number of carbonyl (C=O) groups is 9. The van der Waals surface area contributed by atoms with Gasteiger partial charge in [0.2, 0.25) is 17.7 Å². The second-order valence-electron chi connectivity index (χ2n) is 22.5. The molecule has 7 rings (SSSR count). The molecule has 9 amide bonds. The van der Waals surface area contributed by atoms with E-state index in [4.69, 9.17) is 67.5 Å². The van der Waals surface area contributed by atoms with E-state index in [9.17, 15) is 48.3 Å². The maximum absolute atomic E-state index is 14.5. The molecule has 91 heavy (non-hydrogen) atoms. The lowest BCUT2D eigenvalue weighted by Crippen LogP contribution is -2.62. The summed E-state index contributed by atoms with van der Waals surface area (Å²) in [6.07, 6.45) is 0.672. The molecule has 5 heterocycles. The van der Waals surface area contributed by atoms with Crippen LogP contribution in [-0.4, -0.2) is 183 Å². The predicted molar refractivity (Wildman–Crippen MR) is 333 cm³/mol. The molecule has 2 aromatic carbocycles. The van der Waals surface area contributed by atoms with Crippen LogP contribution in [0, 0.1) is 5.92 Å². The maximum atomic E-state index is 14.5. The van der Waals surface area contributed by atoms with Crippen LogP contribution in [0.2, 0.25) is 5.02 Å². The number of pyridine rings is 1. The van der Waals surface area contributed by atoms with Gasteiger partial charge in [0.15, 0.2) is 10.8 Å². The molecule has 3 fully saturated rings. The summed E-state index contributed by atoms with van der Waals surface area (Å²) in [4.78, 5) is 128. The zero-order valence-corrected chi connectivity index (χ0v) is 53.1. The number of carbonyl (C=O) groups excluding carboxylic acids is 9. The molecule has 4 aliphatic heterocycles. The highest BCUT2D eigenvalue weighted by Crippen LogP contribution is 2.47. The van der Waals surface area contributed by atoms with Gasteiger partial charge in [-0.2, -0.15) is 0 Å². The smallest absolute Gasteiger partial charge is 0.412 e. The van der Waals surface area contributed by atoms with E-state index in [1.165, 1.54) is 44.5 Å². The number of nitrogens with zero attached hydrogens (tertiary/aromatic N) is 3. The highest BCUT2D eigenvalue weighted by atomic mass is 35.5. The van der Waals surface area contributed by atoms with Gasteiger partial charge in [0, 0.05) is 64.5 Å². The molecular formula is C60H78ClN11O18S. The Labute approximate surface area is 535 Å². The number of amides is 9. The van der Waals surface area contributed by atoms with Crippen molar-refractivity contribution in [2.45, 2.75) is 133 Å². The van der Waals surface area contributed by atoms with Gasteiger partial charge in [0.05, 0.1) is 75.1 Å². The number of methoxy groups -OCH3 is 2. The van der Waals surface area contributed by atoms with Crippen molar-refractivity contribution in [3.05, 3.63) is 77.0 Å². The van der Waals surface area contributed by atoms with E-state index in [1.54, 1.807) is 57.2 Å². The zero-order chi connectivity index (χ0) is 66.2. The Morgan fingerprint density at radius 3 is 2.37 bits per heavy atom. The van der Waals surface area contributed by atoms with Crippen molar-refractivity contribution in [1.29, 1.82) is 0 Å². The van der Waals surface area contributed by atoms with Crippen LogP contribution in [0.15, 0.2) is 66.4 Å². The first-order chi connectivity index (χ1) is 43.3. The van der Waals surface area contributed by atoms with E-state index in [0.717, 1.165) is 11.1 Å². The van der Waals surface area contributed by atoms with Gasteiger partial charge in [0.1, 0.15) is 46.8 Å². The number of aromatic nitrogens is 1. The number of ether oxygens (including phenoxy) is 7. The third kappa shape index (κ3) is 19.2. The van der Waals surface area contributed by atoms with Gasteiger partial charge in [-0.1, -0.05) is 49.2 Å². The minimum Gasteiger partial charge on any atom is -0.495 e. The Kier molecular flexibility index (Phi) is 24.8. The average Bonchev–Trinajstić information content (AvgIpc) is 1.61. The number of aliphatic hydroxyl groups is 1. The van der Waals surface area contributed by atoms with E-state index in [0.29, 0.717) is 28.3 Å². The highest BCUT2D eigenvalue weighted by molar-refractivity contribution is 7.80. The summed E-state index contributed by atoms with van der Waals surface area (Å²) < 4.78 is 40.2. The van der Waals surface area contributed by atoms with Crippen LogP contribution in [0.25, 0.3) is 10.9 Å². The predicted octanol–water partition coefficient (Wildman–Crippen LogP) is 4.07. The molecule has 3 saturated heterocycles. The van der Waals surface area contributed by atoms with E-state index < -0.39 is 108 Å². The van der Waals surface area contributed by atoms with Crippen molar-refractivity contribution in [2.24, 2.45) is 11.7 Å². The summed E-state index contributed by atoms with van der Waals surface area (Å²) in [6, 6.07) is 6.88. The third-order valence-corrected chi connectivity index (χ3v) is 16.0. The lowest BCUT2D eigenvalue weighted by atomic mass is 9.90. The van der Waals surface area contributed by atoms with Crippen molar-refractivity contribution in [3.63, 3.8) is 0 Å². The second kappa shape index (κ2) is 32.2. The van der Waals surface area contributed by atoms with Crippen LogP contribution >= 0.6 is 23.8 Å². The summed E-state index contributed by atoms with van der Waals surface area (Å²) in [7, 11) is 4.38. The lowest BCUT2D eigenvalue weighted by Gasteiger charge is -2.40. The molecule has 4 aliphatic rings. The molecule has 0 spiro atoms. The second-order valence-corrected chi connectivity index (χ2v) is 23.3. The molecule has 494 valence electrons. The Balaban J connectivity index is 1.01. The molecule has 0 unspecified atom stereocenters. The molecule has 10 N–H and O–H groups in total. The molecule has 1 aromatic heterocycles. The number of nitrogens with one attached hydrogen (secondary N) is 7. The Hall–Kier alpha value is -8.26. The first-order valence-electron chi connectivity index (χ1n) is 29.5. The third-order valence-electron chi connectivity index (χ3n) is 15.4. The zero-order valence-electron chi connectivity index (χ0n) is 51.5. The molecule has 29 nitrogen and oxygen atoms in total. The van der Waals surface area contributed by atoms with E-state index in [1.807, 2.05) is 13.0 Å². The number of thiocarbonyl (C=S) groups is 1. The minimum atomic E-state index is -1.90. The minimum absolute atomic E-state index is 0.0118. The topological polar surface area (TPSA) is 381 Å². The van der Waals surface area contributed by atoms with Crippen molar-refractivity contribution >= 4 is 111 Å². The Morgan fingerprint density at radius 2 is 1.67 bits per heavy atom. The molecule has 0 aliphatic carbocycles. The lowest BCUT2D eigenvalue weighted by molar-refractivity contribution is -0.198. The number of hydrogen-bond acceptors (Lipinski definition) is 20. The van der Waals surface area contributed by atoms with Gasteiger partial charge in [-0.05, 0) is 93.2 Å². The van der Waals surface area contributed by atoms with Gasteiger partial charge >= 0.3 is 24.2 Å². The fraction of sp³-hybridized carbons (Fsp3) is 0.517. The fourth-order valence-corrected chi connectivity index (χ4v) is 11.0. The number of rotatable bonds is 24. The molecule has 8 atom stereocenters. The number of anilines is 3. The van der Waals surface area contributed by atoms with Crippen LogP contribution in [0.3, 0.4) is 0 Å². The average molecular weight is 1310 g/mol. The van der Waals surface area contributed by atoms with E-state index in [2.05, 4.69) is 42.2 Å². The van der Waals surface area contributed by atoms with E-state index >= 15 is 0 Å². The van der Waals surface area contributed by atoms with Crippen molar-refractivity contribution in [1.82, 2.24) is 36.6 Å². The molecule has 31 heteroatoms. The van der Waals surface area contributed by atoms with Crippen LogP contribution in [-0.2, 0) is 68.4 Å². The fourth-order valence-electron chi connectivity index (χ4n) is 10.4. The van der Waals surface area contributed by atoms with Crippen molar-refractivity contribution in [2.75, 3.05) is 76.3 Å². The number of nitrogens with two attached hydrogens (primary N) is 1. The summed E-state index contributed by atoms with van der Waals surface area (Å²) in [5, 5.41) is 32.3. The van der Waals surface area contributed by atoms with Gasteiger partial charge < -0.3 is 80.3 Å². The van der Waals surface area contributed by atoms with Gasteiger partial charge in [-0.25, -0.2) is 19.2 Å². The maximum Gasteiger partial charge on any atom is 0.412 e. The van der Waals surface area contributed by atoms with Crippen LogP contribution in [0.1, 0.15) is 84.6 Å². The number of hydrogen-bond donors (Lipinski definition) is 9. The Morgan fingerprint density at radius 1 is 0.945 bits per heavy atom. The monoisotopic (exact) mass is 1310 g/mol. The number of allylic oxidation sites excluding steroid dienone is 3. The number of primary amides is 1. The Bertz CT molecular complexity index is 3270. The highest BCUT2D eigenvalue weighted by Gasteiger charge is 2.61. The summed E-state index contributed by atoms with van der Waals surface area (Å²) in [6.45, 7) is 7.87. The van der Waals surface area contributed by atoms with E-state index in [-0.39, 0.29) is 117 Å². The quantitative estimate of drug-likeness (QED) is 0.0264. The molecule has 4 bridgehead atoms. The number of halogens is 1. The standard InChI is InChI=1S/C60H78ClN11O18S/c1-33(2)51(69-56(91)65-22-24-86-26-25-85-23-19-49(76)90-72-46(73)17-18-47(72)74)54(78)67-40(13-10-21-64-55(62)79)53(77)66-38-15-16-39(52-37(38)12-9-20-63-52)68-57(80)88-44-31-48(75)71(5)41-28-35(29-42(83-6)50(41)61)27-34(3)11-8-14-43(84-7)60(82)32-36(87-58(81)70-60)30-45-59(44,4)89-45/h8-9,11-12,14-16,20,28-29,33,36,40,43-45,51,82H,10,13,17-19,21-27,30-32H2,1-7H3,(H,66,77)(H,67,78)(H,68,80)(H,70,81)(H3,62,64,79)(H2,65,69,91)/b14-8+,34-11+/t36-,40+,43-,44+,45+,51+,59+,60+/m1/s1. The summed E-state index contributed by atoms with van der Waals surface area (Å²) in [5.41, 5.74) is 4.59. The number of epoxide rings is 1.